The Kier molecular flexibility index (Phi) is 2.03. The topological polar surface area (TPSA) is 32.7 Å². The minimum absolute atomic E-state index is 0.433. The van der Waals surface area contributed by atoms with E-state index in [4.69, 9.17) is 0 Å². The van der Waals surface area contributed by atoms with E-state index in [1.807, 2.05) is 0 Å². The molecule has 0 saturated carbocycles. The van der Waals surface area contributed by atoms with Gasteiger partial charge in [0, 0.05) is 6.54 Å². The average molecular weight is 128 g/mol. The molecule has 0 spiro atoms. The van der Waals surface area contributed by atoms with E-state index >= 15 is 0 Å². The van der Waals surface area contributed by atoms with E-state index in [9.17, 15) is 4.91 Å². The van der Waals surface area contributed by atoms with E-state index in [1.165, 1.54) is 0 Å². The lowest BCUT2D eigenvalue weighted by atomic mass is 10.2. The van der Waals surface area contributed by atoms with E-state index in [-0.39, 0.29) is 0 Å². The van der Waals surface area contributed by atoms with Crippen LogP contribution >= 0.6 is 0 Å². The van der Waals surface area contributed by atoms with Crippen LogP contribution in [0.2, 0.25) is 0 Å². The minimum atomic E-state index is 0.433. The van der Waals surface area contributed by atoms with E-state index in [0.29, 0.717) is 6.04 Å². The molecule has 1 heterocycles. The van der Waals surface area contributed by atoms with Gasteiger partial charge in [-0.05, 0) is 19.3 Å². The SMILES string of the molecule is CC[C@@H]1CCCN1N=O. The Bertz CT molecular complexity index is 105. The molecule has 0 aliphatic carbocycles. The van der Waals surface area contributed by atoms with Gasteiger partial charge in [-0.25, -0.2) is 0 Å². The van der Waals surface area contributed by atoms with Crippen molar-refractivity contribution >= 4 is 0 Å². The van der Waals surface area contributed by atoms with Crippen molar-refractivity contribution in [3.63, 3.8) is 0 Å². The molecule has 1 saturated heterocycles. The normalized spacial score (nSPS) is 26.8. The van der Waals surface area contributed by atoms with Gasteiger partial charge in [0.15, 0.2) is 0 Å². The molecule has 0 aromatic carbocycles. The first kappa shape index (κ1) is 6.52. The summed E-state index contributed by atoms with van der Waals surface area (Å²) in [4.78, 5) is 10.1. The molecular weight excluding hydrogens is 116 g/mol. The summed E-state index contributed by atoms with van der Waals surface area (Å²) >= 11 is 0. The molecule has 0 aromatic heterocycles. The lowest BCUT2D eigenvalue weighted by Gasteiger charge is -2.14. The van der Waals surface area contributed by atoms with Crippen LogP contribution in [0.1, 0.15) is 26.2 Å². The van der Waals surface area contributed by atoms with Gasteiger partial charge in [-0.15, -0.1) is 4.91 Å². The average Bonchev–Trinajstić information content (AvgIpc) is 2.33. The highest BCUT2D eigenvalue weighted by molar-refractivity contribution is 4.74. The molecule has 9 heavy (non-hydrogen) atoms. The first-order chi connectivity index (χ1) is 4.38. The molecule has 0 radical (unpaired) electrons. The highest BCUT2D eigenvalue weighted by atomic mass is 16.3. The standard InChI is InChI=1S/C6H12N2O/c1-2-6-4-3-5-8(6)7-9/h6H,2-5H2,1H3/t6-/m1/s1. The Labute approximate surface area is 55.0 Å². The summed E-state index contributed by atoms with van der Waals surface area (Å²) < 4.78 is 0. The van der Waals surface area contributed by atoms with Gasteiger partial charge < -0.3 is 0 Å². The van der Waals surface area contributed by atoms with Crippen LogP contribution in [0.5, 0.6) is 0 Å². The van der Waals surface area contributed by atoms with Crippen molar-refractivity contribution in [3.05, 3.63) is 4.91 Å². The first-order valence-corrected chi connectivity index (χ1v) is 3.48. The van der Waals surface area contributed by atoms with Crippen molar-refractivity contribution in [2.24, 2.45) is 5.29 Å². The van der Waals surface area contributed by atoms with Crippen molar-refractivity contribution < 1.29 is 0 Å². The molecule has 1 atom stereocenters. The number of nitroso groups, excluding NO2 is 1. The molecule has 3 heteroatoms. The van der Waals surface area contributed by atoms with Gasteiger partial charge in [0.2, 0.25) is 0 Å². The Morgan fingerprint density at radius 1 is 1.78 bits per heavy atom. The lowest BCUT2D eigenvalue weighted by molar-refractivity contribution is 0.257. The van der Waals surface area contributed by atoms with Crippen LogP contribution < -0.4 is 0 Å². The zero-order valence-corrected chi connectivity index (χ0v) is 5.71. The highest BCUT2D eigenvalue weighted by Crippen LogP contribution is 2.18. The number of hydrogen-bond donors (Lipinski definition) is 0. The first-order valence-electron chi connectivity index (χ1n) is 3.48. The second-order valence-electron chi connectivity index (χ2n) is 2.45. The predicted molar refractivity (Wildman–Crippen MR) is 35.8 cm³/mol. The van der Waals surface area contributed by atoms with Crippen molar-refractivity contribution in [2.45, 2.75) is 32.2 Å². The Morgan fingerprint density at radius 2 is 2.56 bits per heavy atom. The lowest BCUT2D eigenvalue weighted by Crippen LogP contribution is -2.22. The van der Waals surface area contributed by atoms with Crippen molar-refractivity contribution in [2.75, 3.05) is 6.54 Å². The van der Waals surface area contributed by atoms with E-state index in [2.05, 4.69) is 12.2 Å². The Balaban J connectivity index is 2.41. The van der Waals surface area contributed by atoms with Gasteiger partial charge >= 0.3 is 0 Å². The van der Waals surface area contributed by atoms with Crippen LogP contribution in [0.25, 0.3) is 0 Å². The summed E-state index contributed by atoms with van der Waals surface area (Å²) in [5, 5.41) is 4.58. The largest absolute Gasteiger partial charge is 0.258 e. The van der Waals surface area contributed by atoms with Crippen LogP contribution in [-0.4, -0.2) is 17.6 Å². The van der Waals surface area contributed by atoms with Crippen molar-refractivity contribution in [3.8, 4) is 0 Å². The number of nitrogens with zero attached hydrogens (tertiary/aromatic N) is 2. The third kappa shape index (κ3) is 1.20. The minimum Gasteiger partial charge on any atom is -0.258 e. The van der Waals surface area contributed by atoms with Gasteiger partial charge in [0.25, 0.3) is 0 Å². The van der Waals surface area contributed by atoms with Crippen LogP contribution in [0.3, 0.4) is 0 Å². The van der Waals surface area contributed by atoms with E-state index in [0.717, 1.165) is 25.8 Å². The molecule has 0 aromatic rings. The molecule has 52 valence electrons. The van der Waals surface area contributed by atoms with Crippen LogP contribution in [0.15, 0.2) is 5.29 Å². The summed E-state index contributed by atoms with van der Waals surface area (Å²) in [6.07, 6.45) is 3.32. The van der Waals surface area contributed by atoms with Gasteiger partial charge in [-0.2, -0.15) is 0 Å². The quantitative estimate of drug-likeness (QED) is 0.528. The maximum atomic E-state index is 10.1. The van der Waals surface area contributed by atoms with Gasteiger partial charge in [-0.1, -0.05) is 6.92 Å². The fourth-order valence-electron chi connectivity index (χ4n) is 1.34. The van der Waals surface area contributed by atoms with Gasteiger partial charge in [0.05, 0.1) is 11.3 Å². The van der Waals surface area contributed by atoms with Crippen LogP contribution in [-0.2, 0) is 0 Å². The monoisotopic (exact) mass is 128 g/mol. The second-order valence-corrected chi connectivity index (χ2v) is 2.45. The smallest absolute Gasteiger partial charge is 0.0526 e. The van der Waals surface area contributed by atoms with Crippen molar-refractivity contribution in [1.29, 1.82) is 0 Å². The van der Waals surface area contributed by atoms with Gasteiger partial charge in [-0.3, -0.25) is 5.01 Å². The summed E-state index contributed by atoms with van der Waals surface area (Å²) in [6, 6.07) is 0.433. The summed E-state index contributed by atoms with van der Waals surface area (Å²) in [6.45, 7) is 2.95. The van der Waals surface area contributed by atoms with Crippen LogP contribution in [0, 0.1) is 4.91 Å². The van der Waals surface area contributed by atoms with E-state index in [1.54, 1.807) is 5.01 Å². The molecule has 1 fully saturated rings. The fraction of sp³-hybridized carbons (Fsp3) is 1.00. The summed E-state index contributed by atoms with van der Waals surface area (Å²) in [7, 11) is 0. The molecule has 0 bridgehead atoms. The maximum absolute atomic E-state index is 10.1. The fourth-order valence-corrected chi connectivity index (χ4v) is 1.34. The third-order valence-electron chi connectivity index (χ3n) is 1.92. The zero-order valence-electron chi connectivity index (χ0n) is 5.71. The zero-order chi connectivity index (χ0) is 6.69. The second kappa shape index (κ2) is 2.80. The predicted octanol–water partition coefficient (Wildman–Crippen LogP) is 1.54. The molecule has 3 nitrogen and oxygen atoms in total. The molecule has 0 amide bonds. The van der Waals surface area contributed by atoms with Gasteiger partial charge in [0.1, 0.15) is 0 Å². The molecule has 1 aliphatic rings. The highest BCUT2D eigenvalue weighted by Gasteiger charge is 2.21. The number of rotatable bonds is 2. The maximum Gasteiger partial charge on any atom is 0.0526 e. The van der Waals surface area contributed by atoms with Crippen LogP contribution in [0.4, 0.5) is 0 Å². The molecule has 0 N–H and O–H groups in total. The molecular formula is C6H12N2O. The Morgan fingerprint density at radius 3 is 3.00 bits per heavy atom. The molecule has 1 aliphatic heterocycles. The van der Waals surface area contributed by atoms with Crippen molar-refractivity contribution in [1.82, 2.24) is 5.01 Å². The van der Waals surface area contributed by atoms with E-state index < -0.39 is 0 Å². The summed E-state index contributed by atoms with van der Waals surface area (Å²) in [5.41, 5.74) is 0. The number of hydrogen-bond acceptors (Lipinski definition) is 2. The third-order valence-corrected chi connectivity index (χ3v) is 1.92. The molecule has 0 unspecified atom stereocenters. The summed E-state index contributed by atoms with van der Waals surface area (Å²) in [5.74, 6) is 0. The molecule has 1 rings (SSSR count). The Hall–Kier alpha value is -0.600.